The van der Waals surface area contributed by atoms with Gasteiger partial charge in [0.1, 0.15) is 0 Å². The lowest BCUT2D eigenvalue weighted by molar-refractivity contribution is 0.660. The predicted octanol–water partition coefficient (Wildman–Crippen LogP) is 13.4. The van der Waals surface area contributed by atoms with Crippen LogP contribution >= 0.6 is 22.7 Å². The van der Waals surface area contributed by atoms with Gasteiger partial charge in [-0.25, -0.2) is 0 Å². The highest BCUT2D eigenvalue weighted by atomic mass is 32.1. The number of nitrogens with zero attached hydrogens (tertiary/aromatic N) is 1. The summed E-state index contributed by atoms with van der Waals surface area (Å²) in [5.74, 6) is 0. The Balaban J connectivity index is 1.25. The van der Waals surface area contributed by atoms with Crippen molar-refractivity contribution in [2.45, 2.75) is 19.3 Å². The molecule has 2 aromatic heterocycles. The van der Waals surface area contributed by atoms with Crippen molar-refractivity contribution in [1.29, 1.82) is 0 Å². The zero-order valence-electron chi connectivity index (χ0n) is 25.5. The second-order valence-corrected chi connectivity index (χ2v) is 15.1. The molecule has 10 rings (SSSR count). The van der Waals surface area contributed by atoms with E-state index in [2.05, 4.69) is 158 Å². The van der Waals surface area contributed by atoms with Gasteiger partial charge in [0.05, 0.1) is 0 Å². The Morgan fingerprint density at radius 3 is 1.87 bits per heavy atom. The molecule has 1 nitrogen and oxygen atoms in total. The topological polar surface area (TPSA) is 3.24 Å². The maximum atomic E-state index is 2.47. The van der Waals surface area contributed by atoms with E-state index in [1.165, 1.54) is 90.4 Å². The second kappa shape index (κ2) is 9.53. The molecule has 218 valence electrons. The Bertz CT molecular complexity index is 2690. The summed E-state index contributed by atoms with van der Waals surface area (Å²) in [7, 11) is 0. The molecule has 0 saturated heterocycles. The van der Waals surface area contributed by atoms with Gasteiger partial charge in [-0.05, 0) is 93.7 Å². The molecule has 9 aromatic rings. The summed E-state index contributed by atoms with van der Waals surface area (Å²) in [6.45, 7) is 4.70. The van der Waals surface area contributed by atoms with Crippen LogP contribution in [0.1, 0.15) is 25.0 Å². The first-order chi connectivity index (χ1) is 22.5. The minimum atomic E-state index is -0.0294. The summed E-state index contributed by atoms with van der Waals surface area (Å²) in [4.78, 5) is 2.47. The molecule has 1 aliphatic carbocycles. The molecular weight excluding hydrogens is 595 g/mol. The van der Waals surface area contributed by atoms with Gasteiger partial charge in [0.25, 0.3) is 0 Å². The molecule has 2 heterocycles. The van der Waals surface area contributed by atoms with Crippen LogP contribution in [0.2, 0.25) is 0 Å². The predicted molar refractivity (Wildman–Crippen MR) is 202 cm³/mol. The molecule has 0 fully saturated rings. The van der Waals surface area contributed by atoms with Crippen LogP contribution in [0.5, 0.6) is 0 Å². The van der Waals surface area contributed by atoms with Gasteiger partial charge in [-0.1, -0.05) is 92.7 Å². The maximum Gasteiger partial charge on any atom is 0.0468 e. The van der Waals surface area contributed by atoms with Crippen LogP contribution in [0.3, 0.4) is 0 Å². The molecule has 0 atom stereocenters. The molecule has 0 bridgehead atoms. The number of hydrogen-bond donors (Lipinski definition) is 0. The molecule has 7 aromatic carbocycles. The summed E-state index contributed by atoms with van der Waals surface area (Å²) < 4.78 is 5.32. The summed E-state index contributed by atoms with van der Waals surface area (Å²) in [6.07, 6.45) is 0. The Morgan fingerprint density at radius 1 is 0.435 bits per heavy atom. The van der Waals surface area contributed by atoms with Gasteiger partial charge in [-0.3, -0.25) is 0 Å². The van der Waals surface area contributed by atoms with Crippen LogP contribution < -0.4 is 4.90 Å². The minimum Gasteiger partial charge on any atom is -0.310 e. The molecule has 0 radical (unpaired) electrons. The third kappa shape index (κ3) is 3.67. The highest BCUT2D eigenvalue weighted by molar-refractivity contribution is 7.26. The first-order valence-electron chi connectivity index (χ1n) is 15.8. The normalized spacial score (nSPS) is 13.6. The zero-order valence-corrected chi connectivity index (χ0v) is 27.2. The van der Waals surface area contributed by atoms with Gasteiger partial charge in [-0.15, -0.1) is 22.7 Å². The van der Waals surface area contributed by atoms with Crippen molar-refractivity contribution >= 4 is 90.9 Å². The Labute approximate surface area is 275 Å². The van der Waals surface area contributed by atoms with E-state index in [1.807, 2.05) is 22.7 Å². The summed E-state index contributed by atoms with van der Waals surface area (Å²) in [5, 5.41) is 7.88. The zero-order chi connectivity index (χ0) is 30.6. The molecular formula is C43H29NS2. The van der Waals surface area contributed by atoms with Crippen molar-refractivity contribution in [3.63, 3.8) is 0 Å². The van der Waals surface area contributed by atoms with Crippen LogP contribution in [-0.2, 0) is 5.41 Å². The van der Waals surface area contributed by atoms with Crippen LogP contribution in [0.25, 0.3) is 62.2 Å². The molecule has 0 amide bonds. The van der Waals surface area contributed by atoms with Gasteiger partial charge in [0.2, 0.25) is 0 Å². The van der Waals surface area contributed by atoms with Crippen LogP contribution in [0.15, 0.2) is 140 Å². The van der Waals surface area contributed by atoms with Crippen molar-refractivity contribution in [3.05, 3.63) is 151 Å². The Kier molecular flexibility index (Phi) is 5.44. The average molecular weight is 624 g/mol. The second-order valence-electron chi connectivity index (χ2n) is 13.0. The fourth-order valence-electron chi connectivity index (χ4n) is 7.82. The van der Waals surface area contributed by atoms with Crippen molar-refractivity contribution in [1.82, 2.24) is 0 Å². The van der Waals surface area contributed by atoms with Gasteiger partial charge in [0, 0.05) is 62.8 Å². The summed E-state index contributed by atoms with van der Waals surface area (Å²) in [5.41, 5.74) is 8.94. The fourth-order valence-corrected chi connectivity index (χ4v) is 10.0. The van der Waals surface area contributed by atoms with Crippen molar-refractivity contribution in [2.24, 2.45) is 0 Å². The van der Waals surface area contributed by atoms with E-state index in [1.54, 1.807) is 0 Å². The standard InChI is InChI=1S/C43H29NS2/c1-43(2)36-12-6-3-9-30(36)34-24-28(18-20-37(34)43)44(29-19-22-40-35(25-29)31-10-4-7-13-38(31)45-40)27-17-15-26-16-21-41-42(33(26)23-27)32-11-5-8-14-39(32)46-41/h3-25H,1-2H3. The summed E-state index contributed by atoms with van der Waals surface area (Å²) in [6, 6.07) is 52.2. The number of fused-ring (bicyclic) bond motifs is 11. The third-order valence-corrected chi connectivity index (χ3v) is 12.3. The first kappa shape index (κ1) is 26.3. The molecule has 0 saturated carbocycles. The molecule has 0 unspecified atom stereocenters. The van der Waals surface area contributed by atoms with Crippen molar-refractivity contribution < 1.29 is 0 Å². The molecule has 3 heteroatoms. The van der Waals surface area contributed by atoms with E-state index in [9.17, 15) is 0 Å². The summed E-state index contributed by atoms with van der Waals surface area (Å²) >= 11 is 3.75. The third-order valence-electron chi connectivity index (χ3n) is 10.0. The van der Waals surface area contributed by atoms with E-state index in [0.717, 1.165) is 0 Å². The quantitative estimate of drug-likeness (QED) is 0.189. The lowest BCUT2D eigenvalue weighted by Crippen LogP contribution is -2.15. The number of benzene rings is 7. The van der Waals surface area contributed by atoms with Crippen molar-refractivity contribution in [3.8, 4) is 11.1 Å². The highest BCUT2D eigenvalue weighted by Crippen LogP contribution is 2.51. The first-order valence-corrected chi connectivity index (χ1v) is 17.5. The largest absolute Gasteiger partial charge is 0.310 e. The highest BCUT2D eigenvalue weighted by Gasteiger charge is 2.35. The molecule has 46 heavy (non-hydrogen) atoms. The van der Waals surface area contributed by atoms with E-state index in [-0.39, 0.29) is 5.41 Å². The van der Waals surface area contributed by atoms with Crippen LogP contribution in [-0.4, -0.2) is 0 Å². The number of hydrogen-bond acceptors (Lipinski definition) is 3. The fraction of sp³-hybridized carbons (Fsp3) is 0.0698. The van der Waals surface area contributed by atoms with Gasteiger partial charge >= 0.3 is 0 Å². The van der Waals surface area contributed by atoms with Gasteiger partial charge in [0.15, 0.2) is 0 Å². The number of thiophene rings is 2. The van der Waals surface area contributed by atoms with Crippen LogP contribution in [0.4, 0.5) is 17.1 Å². The van der Waals surface area contributed by atoms with E-state index in [4.69, 9.17) is 0 Å². The molecule has 0 spiro atoms. The van der Waals surface area contributed by atoms with E-state index < -0.39 is 0 Å². The smallest absolute Gasteiger partial charge is 0.0468 e. The van der Waals surface area contributed by atoms with E-state index >= 15 is 0 Å². The lowest BCUT2D eigenvalue weighted by Gasteiger charge is -2.27. The SMILES string of the molecule is CC1(C)c2ccccc2-c2cc(N(c3ccc4sc5ccccc5c4c3)c3ccc4ccc5sc6ccccc6c5c4c3)ccc21. The number of rotatable bonds is 3. The Morgan fingerprint density at radius 2 is 1.00 bits per heavy atom. The van der Waals surface area contributed by atoms with Crippen molar-refractivity contribution in [2.75, 3.05) is 4.90 Å². The van der Waals surface area contributed by atoms with Crippen LogP contribution in [0, 0.1) is 0 Å². The van der Waals surface area contributed by atoms with Gasteiger partial charge < -0.3 is 4.90 Å². The molecule has 0 aliphatic heterocycles. The average Bonchev–Trinajstić information content (AvgIpc) is 3.73. The monoisotopic (exact) mass is 623 g/mol. The maximum absolute atomic E-state index is 2.47. The molecule has 1 aliphatic rings. The van der Waals surface area contributed by atoms with Gasteiger partial charge in [-0.2, -0.15) is 0 Å². The number of anilines is 3. The molecule has 0 N–H and O–H groups in total. The van der Waals surface area contributed by atoms with E-state index in [0.29, 0.717) is 0 Å². The lowest BCUT2D eigenvalue weighted by atomic mass is 9.82. The Hall–Kier alpha value is -4.96. The minimum absolute atomic E-state index is 0.0294.